The second-order valence-electron chi connectivity index (χ2n) is 6.47. The van der Waals surface area contributed by atoms with Gasteiger partial charge in [0.15, 0.2) is 11.5 Å². The molecule has 164 valence electrons. The molecule has 4 rings (SSSR count). The third-order valence-electron chi connectivity index (χ3n) is 4.43. The molecule has 1 N–H and O–H groups in total. The Morgan fingerprint density at radius 2 is 2.00 bits per heavy atom. The van der Waals surface area contributed by atoms with Crippen LogP contribution >= 0.6 is 11.8 Å². The lowest BCUT2D eigenvalue weighted by Gasteiger charge is -2.03. The minimum absolute atomic E-state index is 0.0616. The number of fused-ring (bicyclic) bond motifs is 1. The van der Waals surface area contributed by atoms with E-state index in [4.69, 9.17) is 14.2 Å². The van der Waals surface area contributed by atoms with Crippen LogP contribution in [0.15, 0.2) is 57.6 Å². The molecular weight excluding hydrogens is 443 g/mol. The number of nitro groups is 1. The molecule has 32 heavy (non-hydrogen) atoms. The van der Waals surface area contributed by atoms with Gasteiger partial charge < -0.3 is 19.3 Å². The number of aliphatic hydroxyl groups excluding tert-OH is 1. The van der Waals surface area contributed by atoms with Crippen LogP contribution in [-0.4, -0.2) is 34.4 Å². The van der Waals surface area contributed by atoms with Crippen molar-refractivity contribution < 1.29 is 33.4 Å². The smallest absolute Gasteiger partial charge is 0.344 e. The first kappa shape index (κ1) is 21.4. The Morgan fingerprint density at radius 3 is 2.66 bits per heavy atom. The normalized spacial score (nSPS) is 17.3. The minimum atomic E-state index is -0.804. The zero-order chi connectivity index (χ0) is 22.8. The Balaban J connectivity index is 1.80. The maximum absolute atomic E-state index is 13.2. The first-order valence-electron chi connectivity index (χ1n) is 9.30. The number of hydrogen-bond donors (Lipinski definition) is 1. The van der Waals surface area contributed by atoms with Crippen LogP contribution in [0, 0.1) is 15.9 Å². The van der Waals surface area contributed by atoms with Crippen LogP contribution in [0.2, 0.25) is 0 Å². The molecule has 0 saturated heterocycles. The summed E-state index contributed by atoms with van der Waals surface area (Å²) < 4.78 is 28.7. The predicted molar refractivity (Wildman–Crippen MR) is 115 cm³/mol. The van der Waals surface area contributed by atoms with Crippen molar-refractivity contribution in [3.63, 3.8) is 0 Å². The van der Waals surface area contributed by atoms with Crippen LogP contribution < -0.4 is 9.47 Å². The van der Waals surface area contributed by atoms with E-state index in [1.807, 2.05) is 0 Å². The molecule has 0 unspecified atom stereocenters. The Kier molecular flexibility index (Phi) is 5.82. The van der Waals surface area contributed by atoms with E-state index >= 15 is 0 Å². The maximum atomic E-state index is 13.2. The Bertz CT molecular complexity index is 1210. The fourth-order valence-corrected chi connectivity index (χ4v) is 4.01. The Morgan fingerprint density at radius 1 is 1.31 bits per heavy atom. The van der Waals surface area contributed by atoms with Crippen molar-refractivity contribution in [2.45, 2.75) is 6.92 Å². The number of nitrogens with zero attached hydrogens (tertiary/aromatic N) is 2. The van der Waals surface area contributed by atoms with Crippen LogP contribution in [0.3, 0.4) is 0 Å². The Labute approximate surface area is 185 Å². The largest absolute Gasteiger partial charge is 0.506 e. The summed E-state index contributed by atoms with van der Waals surface area (Å²) >= 11 is 0.926. The highest BCUT2D eigenvalue weighted by Crippen LogP contribution is 2.43. The number of aliphatic hydroxyl groups is 1. The number of nitro benzene ring substituents is 1. The zero-order valence-electron chi connectivity index (χ0n) is 16.5. The molecule has 0 fully saturated rings. The highest BCUT2D eigenvalue weighted by molar-refractivity contribution is 8.18. The predicted octanol–water partition coefficient (Wildman–Crippen LogP) is 4.66. The molecule has 0 aliphatic carbocycles. The molecular formula is C21H15FN2O7S. The maximum Gasteiger partial charge on any atom is 0.344 e. The molecule has 2 aromatic carbocycles. The molecule has 2 heterocycles. The van der Waals surface area contributed by atoms with Gasteiger partial charge in [-0.2, -0.15) is 0 Å². The number of halogens is 1. The number of thioether (sulfide) groups is 1. The van der Waals surface area contributed by atoms with Crippen LogP contribution in [0.1, 0.15) is 12.5 Å². The molecule has 0 aromatic heterocycles. The second-order valence-corrected chi connectivity index (χ2v) is 7.50. The van der Waals surface area contributed by atoms with E-state index in [0.29, 0.717) is 11.4 Å². The summed E-state index contributed by atoms with van der Waals surface area (Å²) in [5.74, 6) is -1.13. The molecule has 0 saturated carbocycles. The van der Waals surface area contributed by atoms with E-state index in [2.05, 4.69) is 4.99 Å². The number of ether oxygens (including phenoxy) is 3. The summed E-state index contributed by atoms with van der Waals surface area (Å²) in [6.45, 7) is 1.62. The van der Waals surface area contributed by atoms with Crippen molar-refractivity contribution in [1.29, 1.82) is 0 Å². The van der Waals surface area contributed by atoms with Crippen LogP contribution in [0.25, 0.3) is 6.08 Å². The van der Waals surface area contributed by atoms with Crippen molar-refractivity contribution in [2.24, 2.45) is 4.99 Å². The van der Waals surface area contributed by atoms with Crippen LogP contribution in [0.4, 0.5) is 15.8 Å². The molecule has 9 nitrogen and oxygen atoms in total. The van der Waals surface area contributed by atoms with E-state index in [1.165, 1.54) is 42.5 Å². The minimum Gasteiger partial charge on any atom is -0.506 e. The molecule has 2 aliphatic heterocycles. The van der Waals surface area contributed by atoms with E-state index in [1.54, 1.807) is 6.92 Å². The molecule has 0 bridgehead atoms. The van der Waals surface area contributed by atoms with Gasteiger partial charge in [-0.25, -0.2) is 14.2 Å². The summed E-state index contributed by atoms with van der Waals surface area (Å²) in [4.78, 5) is 27.9. The molecule has 11 heteroatoms. The van der Waals surface area contributed by atoms with E-state index < -0.39 is 22.5 Å². The van der Waals surface area contributed by atoms with Crippen LogP contribution in [0.5, 0.6) is 11.5 Å². The number of esters is 1. The van der Waals surface area contributed by atoms with Crippen LogP contribution in [-0.2, 0) is 9.53 Å². The summed E-state index contributed by atoms with van der Waals surface area (Å²) in [6, 6.07) is 7.88. The van der Waals surface area contributed by atoms with Gasteiger partial charge in [0.05, 0.1) is 33.8 Å². The number of carbonyl (C=O) groups excluding carboxylic acids is 1. The molecule has 2 aliphatic rings. The van der Waals surface area contributed by atoms with Gasteiger partial charge in [-0.3, -0.25) is 10.1 Å². The molecule has 2 aromatic rings. The summed E-state index contributed by atoms with van der Waals surface area (Å²) in [6.07, 6.45) is 1.35. The summed E-state index contributed by atoms with van der Waals surface area (Å²) in [7, 11) is 0. The molecule has 0 atom stereocenters. The average Bonchev–Trinajstić information content (AvgIpc) is 3.33. The monoisotopic (exact) mass is 458 g/mol. The van der Waals surface area contributed by atoms with E-state index in [9.17, 15) is 24.4 Å². The van der Waals surface area contributed by atoms with Gasteiger partial charge in [0.1, 0.15) is 22.2 Å². The first-order valence-corrected chi connectivity index (χ1v) is 10.1. The fourth-order valence-electron chi connectivity index (χ4n) is 2.99. The average molecular weight is 458 g/mol. The van der Waals surface area contributed by atoms with Gasteiger partial charge in [0, 0.05) is 0 Å². The fraction of sp³-hybridized carbons (Fsp3) is 0.143. The summed E-state index contributed by atoms with van der Waals surface area (Å²) in [5.41, 5.74) is 0.0333. The van der Waals surface area contributed by atoms with E-state index in [-0.39, 0.29) is 45.9 Å². The van der Waals surface area contributed by atoms with Crippen molar-refractivity contribution in [1.82, 2.24) is 0 Å². The third-order valence-corrected chi connectivity index (χ3v) is 5.45. The van der Waals surface area contributed by atoms with Crippen molar-refractivity contribution >= 4 is 40.2 Å². The third kappa shape index (κ3) is 4.14. The standard InChI is InChI=1S/C21H15FN2O7S/c1-2-29-21(26)18-19(25)17(32-20(18)23-13-5-3-12(22)4-6-13)8-11-7-15-16(31-10-30-15)9-14(11)24(27)28/h3-9,25H,2,10H2,1H3/b17-8+,23-20?. The van der Waals surface area contributed by atoms with Gasteiger partial charge in [0.25, 0.3) is 5.69 Å². The SMILES string of the molecule is CCOC(=O)C1=C(O)/C(=C\c2cc3c(cc2[N+](=O)[O-])OCO3)SC1=Nc1ccc(F)cc1. The molecule has 0 spiro atoms. The van der Waals surface area contributed by atoms with Gasteiger partial charge in [-0.05, 0) is 43.3 Å². The van der Waals surface area contributed by atoms with Crippen molar-refractivity contribution in [2.75, 3.05) is 13.4 Å². The number of benzene rings is 2. The Hall–Kier alpha value is -3.86. The lowest BCUT2D eigenvalue weighted by molar-refractivity contribution is -0.385. The first-order chi connectivity index (χ1) is 15.4. The van der Waals surface area contributed by atoms with Gasteiger partial charge in [0.2, 0.25) is 6.79 Å². The number of aliphatic imine (C=N–C) groups is 1. The van der Waals surface area contributed by atoms with Crippen molar-refractivity contribution in [3.05, 3.63) is 74.1 Å². The number of hydrogen-bond acceptors (Lipinski definition) is 9. The molecule has 0 radical (unpaired) electrons. The number of carbonyl (C=O) groups is 1. The topological polar surface area (TPSA) is 120 Å². The quantitative estimate of drug-likeness (QED) is 0.390. The lowest BCUT2D eigenvalue weighted by Crippen LogP contribution is -2.12. The van der Waals surface area contributed by atoms with Gasteiger partial charge in [-0.15, -0.1) is 0 Å². The highest BCUT2D eigenvalue weighted by Gasteiger charge is 2.34. The van der Waals surface area contributed by atoms with Gasteiger partial charge in [-0.1, -0.05) is 11.8 Å². The summed E-state index contributed by atoms with van der Waals surface area (Å²) in [5, 5.41) is 22.4. The zero-order valence-corrected chi connectivity index (χ0v) is 17.3. The second kappa shape index (κ2) is 8.71. The van der Waals surface area contributed by atoms with Gasteiger partial charge >= 0.3 is 5.97 Å². The number of rotatable bonds is 5. The molecule has 0 amide bonds. The van der Waals surface area contributed by atoms with Crippen molar-refractivity contribution in [3.8, 4) is 11.5 Å². The lowest BCUT2D eigenvalue weighted by atomic mass is 10.1. The highest BCUT2D eigenvalue weighted by atomic mass is 32.2. The van der Waals surface area contributed by atoms with E-state index in [0.717, 1.165) is 11.8 Å².